The molecular weight excluding hydrogens is 432 g/mol. The van der Waals surface area contributed by atoms with Gasteiger partial charge in [0.15, 0.2) is 0 Å². The van der Waals surface area contributed by atoms with Crippen molar-refractivity contribution in [2.75, 3.05) is 13.1 Å². The lowest BCUT2D eigenvalue weighted by Gasteiger charge is -2.14. The maximum Gasteiger partial charge on any atom is 0.131 e. The summed E-state index contributed by atoms with van der Waals surface area (Å²) >= 11 is 2.08. The number of halogens is 2. The van der Waals surface area contributed by atoms with Crippen molar-refractivity contribution < 1.29 is 9.13 Å². The number of hydrazine groups is 1. The van der Waals surface area contributed by atoms with Crippen LogP contribution in [0.2, 0.25) is 0 Å². The maximum atomic E-state index is 13.5. The first-order chi connectivity index (χ1) is 12.0. The van der Waals surface area contributed by atoms with Gasteiger partial charge in [-0.1, -0.05) is 0 Å². The van der Waals surface area contributed by atoms with E-state index in [2.05, 4.69) is 38.0 Å². The van der Waals surface area contributed by atoms with Crippen LogP contribution in [0.25, 0.3) is 0 Å². The normalized spacial score (nSPS) is 15.0. The highest BCUT2D eigenvalue weighted by Crippen LogP contribution is 2.32. The average molecular weight is 453 g/mol. The number of nitrogens with zero attached hydrogens (tertiary/aromatic N) is 2. The van der Waals surface area contributed by atoms with Crippen LogP contribution in [0.5, 0.6) is 11.5 Å². The standard InChI is InChI=1S/C19H21FIN3O/c1-13-8-19(25-17-10-15(20)9-16(21)11-17)14(2)7-18(13)22-12-23-24-5-3-4-6-24/h7-12H,3-6H2,1-2H3,(H,22,23). The zero-order valence-corrected chi connectivity index (χ0v) is 16.5. The first kappa shape index (κ1) is 18.1. The molecule has 1 aliphatic rings. The molecule has 1 heterocycles. The predicted molar refractivity (Wildman–Crippen MR) is 107 cm³/mol. The highest BCUT2D eigenvalue weighted by molar-refractivity contribution is 14.1. The van der Waals surface area contributed by atoms with Gasteiger partial charge in [0.05, 0.1) is 5.69 Å². The lowest BCUT2D eigenvalue weighted by atomic mass is 10.1. The SMILES string of the molecule is Cc1cc(Oc2cc(F)cc(I)c2)c(C)cc1N=CNN1CCCC1. The van der Waals surface area contributed by atoms with Crippen LogP contribution in [0.1, 0.15) is 24.0 Å². The Bertz CT molecular complexity index is 768. The summed E-state index contributed by atoms with van der Waals surface area (Å²) in [7, 11) is 0. The lowest BCUT2D eigenvalue weighted by Crippen LogP contribution is -2.33. The molecule has 1 fully saturated rings. The third-order valence-corrected chi connectivity index (χ3v) is 4.73. The fourth-order valence-corrected chi connectivity index (χ4v) is 3.37. The summed E-state index contributed by atoms with van der Waals surface area (Å²) in [5.41, 5.74) is 6.07. The molecule has 0 spiro atoms. The van der Waals surface area contributed by atoms with Crippen LogP contribution >= 0.6 is 22.6 Å². The Morgan fingerprint density at radius 3 is 2.60 bits per heavy atom. The molecule has 0 saturated carbocycles. The summed E-state index contributed by atoms with van der Waals surface area (Å²) in [5.74, 6) is 0.912. The van der Waals surface area contributed by atoms with Gasteiger partial charge in [-0.25, -0.2) is 14.4 Å². The van der Waals surface area contributed by atoms with Crippen LogP contribution in [0.4, 0.5) is 10.1 Å². The number of hydrogen-bond acceptors (Lipinski definition) is 3. The topological polar surface area (TPSA) is 36.9 Å². The molecule has 0 aliphatic carbocycles. The Balaban J connectivity index is 1.73. The predicted octanol–water partition coefficient (Wildman–Crippen LogP) is 5.10. The fraction of sp³-hybridized carbons (Fsp3) is 0.316. The van der Waals surface area contributed by atoms with Crippen molar-refractivity contribution in [1.29, 1.82) is 0 Å². The van der Waals surface area contributed by atoms with E-state index in [0.717, 1.165) is 33.5 Å². The summed E-state index contributed by atoms with van der Waals surface area (Å²) in [6.07, 6.45) is 4.19. The number of aryl methyl sites for hydroxylation is 2. The van der Waals surface area contributed by atoms with Crippen LogP contribution < -0.4 is 10.2 Å². The van der Waals surface area contributed by atoms with E-state index in [-0.39, 0.29) is 5.82 Å². The highest BCUT2D eigenvalue weighted by atomic mass is 127. The zero-order chi connectivity index (χ0) is 17.8. The van der Waals surface area contributed by atoms with E-state index in [9.17, 15) is 4.39 Å². The third-order valence-electron chi connectivity index (χ3n) is 4.11. The third kappa shape index (κ3) is 4.92. The van der Waals surface area contributed by atoms with E-state index in [1.807, 2.05) is 32.0 Å². The summed E-state index contributed by atoms with van der Waals surface area (Å²) in [4.78, 5) is 4.51. The van der Waals surface area contributed by atoms with Gasteiger partial charge in [-0.15, -0.1) is 0 Å². The van der Waals surface area contributed by atoms with Crippen molar-refractivity contribution in [2.45, 2.75) is 26.7 Å². The first-order valence-electron chi connectivity index (χ1n) is 8.30. The van der Waals surface area contributed by atoms with Crippen LogP contribution in [-0.4, -0.2) is 24.4 Å². The second-order valence-electron chi connectivity index (χ2n) is 6.19. The summed E-state index contributed by atoms with van der Waals surface area (Å²) in [5, 5.41) is 2.16. The Labute approximate surface area is 161 Å². The molecule has 1 aliphatic heterocycles. The highest BCUT2D eigenvalue weighted by Gasteiger charge is 2.10. The minimum absolute atomic E-state index is 0.300. The first-order valence-corrected chi connectivity index (χ1v) is 9.38. The van der Waals surface area contributed by atoms with E-state index >= 15 is 0 Å². The lowest BCUT2D eigenvalue weighted by molar-refractivity contribution is 0.300. The van der Waals surface area contributed by atoms with Crippen molar-refractivity contribution in [1.82, 2.24) is 10.4 Å². The summed E-state index contributed by atoms with van der Waals surface area (Å²) in [6.45, 7) is 6.07. The Morgan fingerprint density at radius 1 is 1.12 bits per heavy atom. The van der Waals surface area contributed by atoms with E-state index in [1.165, 1.54) is 25.0 Å². The van der Waals surface area contributed by atoms with Crippen molar-refractivity contribution in [3.63, 3.8) is 0 Å². The number of rotatable bonds is 5. The average Bonchev–Trinajstić information content (AvgIpc) is 3.04. The van der Waals surface area contributed by atoms with E-state index in [4.69, 9.17) is 4.74 Å². The zero-order valence-electron chi connectivity index (χ0n) is 14.4. The second kappa shape index (κ2) is 8.14. The van der Waals surface area contributed by atoms with Crippen molar-refractivity contribution in [3.8, 4) is 11.5 Å². The summed E-state index contributed by atoms with van der Waals surface area (Å²) in [6, 6.07) is 8.59. The van der Waals surface area contributed by atoms with Crippen molar-refractivity contribution >= 4 is 34.6 Å². The molecule has 1 saturated heterocycles. The van der Waals surface area contributed by atoms with Gasteiger partial charge in [-0.05, 0) is 84.7 Å². The number of benzene rings is 2. The minimum Gasteiger partial charge on any atom is -0.457 e. The van der Waals surface area contributed by atoms with Gasteiger partial charge in [0.2, 0.25) is 0 Å². The molecule has 25 heavy (non-hydrogen) atoms. The van der Waals surface area contributed by atoms with Crippen LogP contribution in [0.15, 0.2) is 35.3 Å². The number of ether oxygens (including phenoxy) is 1. The molecule has 2 aromatic rings. The maximum absolute atomic E-state index is 13.5. The Kier molecular flexibility index (Phi) is 5.90. The Morgan fingerprint density at radius 2 is 1.88 bits per heavy atom. The van der Waals surface area contributed by atoms with E-state index < -0.39 is 0 Å². The molecule has 3 rings (SSSR count). The fourth-order valence-electron chi connectivity index (χ4n) is 2.76. The van der Waals surface area contributed by atoms with Gasteiger partial charge in [-0.2, -0.15) is 0 Å². The minimum atomic E-state index is -0.300. The molecule has 4 nitrogen and oxygen atoms in total. The monoisotopic (exact) mass is 453 g/mol. The van der Waals surface area contributed by atoms with Gasteiger partial charge in [0.1, 0.15) is 23.7 Å². The molecular formula is C19H21FIN3O. The largest absolute Gasteiger partial charge is 0.457 e. The molecule has 6 heteroatoms. The van der Waals surface area contributed by atoms with Crippen LogP contribution in [0, 0.1) is 23.2 Å². The van der Waals surface area contributed by atoms with E-state index in [1.54, 1.807) is 6.34 Å². The molecule has 2 aromatic carbocycles. The molecule has 0 amide bonds. The van der Waals surface area contributed by atoms with Gasteiger partial charge in [0, 0.05) is 22.7 Å². The van der Waals surface area contributed by atoms with Gasteiger partial charge >= 0.3 is 0 Å². The van der Waals surface area contributed by atoms with Crippen molar-refractivity contribution in [3.05, 3.63) is 50.8 Å². The molecule has 0 atom stereocenters. The van der Waals surface area contributed by atoms with Gasteiger partial charge in [0.25, 0.3) is 0 Å². The molecule has 0 bridgehead atoms. The molecule has 0 unspecified atom stereocenters. The number of nitrogens with one attached hydrogen (secondary N) is 1. The van der Waals surface area contributed by atoms with Crippen molar-refractivity contribution in [2.24, 2.45) is 4.99 Å². The second-order valence-corrected chi connectivity index (χ2v) is 7.44. The Hall–Kier alpha value is -1.67. The molecule has 132 valence electrons. The molecule has 0 aromatic heterocycles. The molecule has 1 N–H and O–H groups in total. The van der Waals surface area contributed by atoms with Crippen LogP contribution in [-0.2, 0) is 0 Å². The van der Waals surface area contributed by atoms with E-state index in [0.29, 0.717) is 11.5 Å². The smallest absolute Gasteiger partial charge is 0.131 e. The quantitative estimate of drug-likeness (QED) is 0.389. The summed E-state index contributed by atoms with van der Waals surface area (Å²) < 4.78 is 20.2. The number of hydrogen-bond donors (Lipinski definition) is 1. The van der Waals surface area contributed by atoms with Gasteiger partial charge < -0.3 is 10.2 Å². The number of aliphatic imine (C=N–C) groups is 1. The van der Waals surface area contributed by atoms with Gasteiger partial charge in [-0.3, -0.25) is 0 Å². The molecule has 0 radical (unpaired) electrons. The van der Waals surface area contributed by atoms with Crippen LogP contribution in [0.3, 0.4) is 0 Å².